The predicted octanol–water partition coefficient (Wildman–Crippen LogP) is 3.08. The average molecular weight is 374 g/mol. The first kappa shape index (κ1) is 19.7. The number of benzene rings is 1. The first-order valence-electron chi connectivity index (χ1n) is 9.84. The van der Waals surface area contributed by atoms with Gasteiger partial charge in [-0.2, -0.15) is 0 Å². The van der Waals surface area contributed by atoms with Gasteiger partial charge in [-0.15, -0.1) is 0 Å². The number of hydrogen-bond donors (Lipinski definition) is 1. The topological polar surface area (TPSA) is 70.1 Å². The minimum Gasteiger partial charge on any atom is -0.481 e. The zero-order valence-electron chi connectivity index (χ0n) is 16.2. The fourth-order valence-electron chi connectivity index (χ4n) is 4.48. The number of carboxylic acid groups (broad SMARTS) is 1. The van der Waals surface area contributed by atoms with E-state index in [0.29, 0.717) is 24.8 Å². The number of likely N-dealkylation sites (tertiary alicyclic amines) is 2. The van der Waals surface area contributed by atoms with Crippen molar-refractivity contribution in [2.75, 3.05) is 26.2 Å². The summed E-state index contributed by atoms with van der Waals surface area (Å²) < 4.78 is 5.45. The highest BCUT2D eigenvalue weighted by Gasteiger charge is 2.38. The maximum absolute atomic E-state index is 12.6. The van der Waals surface area contributed by atoms with Gasteiger partial charge >= 0.3 is 12.1 Å². The molecule has 0 spiro atoms. The number of nitrogens with zero attached hydrogens (tertiary/aromatic N) is 2. The molecular formula is C21H30N2O4. The van der Waals surface area contributed by atoms with E-state index in [4.69, 9.17) is 4.74 Å². The molecular weight excluding hydrogens is 344 g/mol. The van der Waals surface area contributed by atoms with Crippen molar-refractivity contribution in [2.45, 2.75) is 39.3 Å². The van der Waals surface area contributed by atoms with E-state index in [-0.39, 0.29) is 19.2 Å². The predicted molar refractivity (Wildman–Crippen MR) is 102 cm³/mol. The van der Waals surface area contributed by atoms with Crippen molar-refractivity contribution < 1.29 is 19.4 Å². The van der Waals surface area contributed by atoms with Gasteiger partial charge in [-0.3, -0.25) is 9.69 Å². The molecule has 0 aromatic heterocycles. The van der Waals surface area contributed by atoms with Gasteiger partial charge in [0.1, 0.15) is 6.61 Å². The zero-order valence-corrected chi connectivity index (χ0v) is 16.2. The van der Waals surface area contributed by atoms with Gasteiger partial charge in [-0.05, 0) is 30.2 Å². The van der Waals surface area contributed by atoms with Crippen LogP contribution in [-0.2, 0) is 16.1 Å². The summed E-state index contributed by atoms with van der Waals surface area (Å²) in [6.45, 7) is 7.38. The third-order valence-corrected chi connectivity index (χ3v) is 5.65. The number of carbonyl (C=O) groups is 2. The van der Waals surface area contributed by atoms with Crippen molar-refractivity contribution in [3.05, 3.63) is 35.9 Å². The molecule has 27 heavy (non-hydrogen) atoms. The molecule has 2 aliphatic rings. The smallest absolute Gasteiger partial charge is 0.410 e. The summed E-state index contributed by atoms with van der Waals surface area (Å²) in [5.74, 6) is -0.186. The summed E-state index contributed by atoms with van der Waals surface area (Å²) in [5.41, 5.74) is 0.924. The van der Waals surface area contributed by atoms with Crippen LogP contribution in [0.1, 0.15) is 32.3 Å². The summed E-state index contributed by atoms with van der Waals surface area (Å²) in [7, 11) is 0. The Bertz CT molecular complexity index is 641. The zero-order chi connectivity index (χ0) is 19.4. The molecule has 6 nitrogen and oxygen atoms in total. The van der Waals surface area contributed by atoms with Crippen LogP contribution in [0.4, 0.5) is 4.79 Å². The minimum absolute atomic E-state index is 0.0781. The molecule has 1 N–H and O–H groups in total. The second-order valence-electron chi connectivity index (χ2n) is 8.27. The Hall–Kier alpha value is -2.08. The van der Waals surface area contributed by atoms with E-state index >= 15 is 0 Å². The van der Waals surface area contributed by atoms with Crippen LogP contribution in [0.2, 0.25) is 0 Å². The number of ether oxygens (including phenoxy) is 1. The maximum Gasteiger partial charge on any atom is 0.410 e. The number of piperidine rings is 2. The molecule has 2 heterocycles. The van der Waals surface area contributed by atoms with Crippen LogP contribution in [0, 0.1) is 17.8 Å². The number of carbonyl (C=O) groups excluding carboxylic acids is 1. The van der Waals surface area contributed by atoms with Crippen molar-refractivity contribution in [1.82, 2.24) is 9.80 Å². The van der Waals surface area contributed by atoms with Crippen LogP contribution in [0.15, 0.2) is 30.3 Å². The molecule has 0 radical (unpaired) electrons. The molecule has 0 aliphatic carbocycles. The summed E-state index contributed by atoms with van der Waals surface area (Å²) in [4.78, 5) is 28.2. The van der Waals surface area contributed by atoms with Crippen molar-refractivity contribution >= 4 is 12.1 Å². The maximum atomic E-state index is 12.6. The molecule has 148 valence electrons. The van der Waals surface area contributed by atoms with Crippen molar-refractivity contribution in [3.63, 3.8) is 0 Å². The van der Waals surface area contributed by atoms with Gasteiger partial charge in [-0.25, -0.2) is 4.79 Å². The molecule has 2 aliphatic heterocycles. The first-order valence-corrected chi connectivity index (χ1v) is 9.84. The lowest BCUT2D eigenvalue weighted by atomic mass is 9.87. The van der Waals surface area contributed by atoms with E-state index in [1.165, 1.54) is 6.42 Å². The van der Waals surface area contributed by atoms with Gasteiger partial charge in [0.2, 0.25) is 0 Å². The van der Waals surface area contributed by atoms with E-state index in [9.17, 15) is 14.7 Å². The quantitative estimate of drug-likeness (QED) is 0.877. The molecule has 3 rings (SSSR count). The highest BCUT2D eigenvalue weighted by atomic mass is 16.6. The number of rotatable bonds is 4. The van der Waals surface area contributed by atoms with Crippen LogP contribution in [0.5, 0.6) is 0 Å². The number of aliphatic carboxylic acids is 1. The molecule has 1 aromatic carbocycles. The van der Waals surface area contributed by atoms with Gasteiger partial charge in [0.15, 0.2) is 0 Å². The lowest BCUT2D eigenvalue weighted by Crippen LogP contribution is -2.56. The number of carboxylic acids is 1. The molecule has 0 saturated carbocycles. The fourth-order valence-corrected chi connectivity index (χ4v) is 4.48. The lowest BCUT2D eigenvalue weighted by Gasteiger charge is -2.45. The number of hydrogen-bond acceptors (Lipinski definition) is 4. The Labute approximate surface area is 161 Å². The number of amides is 1. The van der Waals surface area contributed by atoms with E-state index in [1.54, 1.807) is 4.90 Å². The van der Waals surface area contributed by atoms with Gasteiger partial charge in [0.25, 0.3) is 0 Å². The van der Waals surface area contributed by atoms with E-state index in [0.717, 1.165) is 18.7 Å². The third-order valence-electron chi connectivity index (χ3n) is 5.65. The largest absolute Gasteiger partial charge is 0.481 e. The third kappa shape index (κ3) is 5.22. The van der Waals surface area contributed by atoms with Crippen LogP contribution in [0.25, 0.3) is 0 Å². The molecule has 6 heteroatoms. The van der Waals surface area contributed by atoms with Gasteiger partial charge in [0.05, 0.1) is 5.92 Å². The molecule has 4 atom stereocenters. The summed E-state index contributed by atoms with van der Waals surface area (Å²) >= 11 is 0. The second-order valence-corrected chi connectivity index (χ2v) is 8.27. The molecule has 2 fully saturated rings. The minimum atomic E-state index is -0.835. The molecule has 1 aromatic rings. The Morgan fingerprint density at radius 3 is 2.33 bits per heavy atom. The Morgan fingerprint density at radius 1 is 1.04 bits per heavy atom. The highest BCUT2D eigenvalue weighted by molar-refractivity contribution is 5.73. The van der Waals surface area contributed by atoms with Crippen LogP contribution < -0.4 is 0 Å². The Kier molecular flexibility index (Phi) is 6.37. The first-order chi connectivity index (χ1) is 12.9. The second kappa shape index (κ2) is 8.74. The van der Waals surface area contributed by atoms with Gasteiger partial charge in [0, 0.05) is 32.2 Å². The van der Waals surface area contributed by atoms with E-state index < -0.39 is 18.0 Å². The van der Waals surface area contributed by atoms with Gasteiger partial charge in [-0.1, -0.05) is 44.2 Å². The Balaban J connectivity index is 1.65. The lowest BCUT2D eigenvalue weighted by molar-refractivity contribution is -0.144. The normalized spacial score (nSPS) is 29.3. The van der Waals surface area contributed by atoms with Gasteiger partial charge < -0.3 is 14.7 Å². The van der Waals surface area contributed by atoms with Crippen molar-refractivity contribution in [2.24, 2.45) is 17.8 Å². The SMILES string of the molecule is C[C@@H]1C[C@H](C)CN([C@H]2C[C@@H](C(=O)O)CN(C(=O)OCc3ccccc3)C2)C1. The fraction of sp³-hybridized carbons (Fsp3) is 0.619. The van der Waals surface area contributed by atoms with Crippen LogP contribution in [-0.4, -0.2) is 59.2 Å². The summed E-state index contributed by atoms with van der Waals surface area (Å²) in [5, 5.41) is 9.57. The molecule has 2 saturated heterocycles. The van der Waals surface area contributed by atoms with Crippen molar-refractivity contribution in [1.29, 1.82) is 0 Å². The molecule has 0 unspecified atom stereocenters. The van der Waals surface area contributed by atoms with Crippen LogP contribution >= 0.6 is 0 Å². The van der Waals surface area contributed by atoms with E-state index in [1.807, 2.05) is 30.3 Å². The average Bonchev–Trinajstić information content (AvgIpc) is 2.65. The molecule has 1 amide bonds. The van der Waals surface area contributed by atoms with Crippen molar-refractivity contribution in [3.8, 4) is 0 Å². The summed E-state index contributed by atoms with van der Waals surface area (Å²) in [6, 6.07) is 9.61. The standard InChI is InChI=1S/C21H30N2O4/c1-15-8-16(2)11-22(10-15)19-9-18(20(24)25)12-23(13-19)21(26)27-14-17-6-4-3-5-7-17/h3-7,15-16,18-19H,8-14H2,1-2H3,(H,24,25)/t15-,16+,18-,19+/m1/s1. The monoisotopic (exact) mass is 374 g/mol. The molecule has 0 bridgehead atoms. The summed E-state index contributed by atoms with van der Waals surface area (Å²) in [6.07, 6.45) is 1.37. The Morgan fingerprint density at radius 2 is 1.70 bits per heavy atom. The highest BCUT2D eigenvalue weighted by Crippen LogP contribution is 2.28. The van der Waals surface area contributed by atoms with Crippen LogP contribution in [0.3, 0.4) is 0 Å². The van der Waals surface area contributed by atoms with E-state index in [2.05, 4.69) is 18.7 Å².